The van der Waals surface area contributed by atoms with Crippen LogP contribution < -0.4 is 9.64 Å². The molecule has 0 aliphatic heterocycles. The summed E-state index contributed by atoms with van der Waals surface area (Å²) in [6, 6.07) is 16.3. The second-order valence-electron chi connectivity index (χ2n) is 5.75. The zero-order valence-electron chi connectivity index (χ0n) is 14.4. The highest BCUT2D eigenvalue weighted by Crippen LogP contribution is 2.35. The summed E-state index contributed by atoms with van der Waals surface area (Å²) in [5, 5.41) is 0.946. The van der Waals surface area contributed by atoms with Gasteiger partial charge in [0.25, 0.3) is 5.91 Å². The molecule has 4 aromatic rings. The van der Waals surface area contributed by atoms with E-state index < -0.39 is 0 Å². The highest BCUT2D eigenvalue weighted by molar-refractivity contribution is 7.22. The van der Waals surface area contributed by atoms with Crippen molar-refractivity contribution in [2.45, 2.75) is 6.54 Å². The molecule has 0 bridgehead atoms. The summed E-state index contributed by atoms with van der Waals surface area (Å²) in [6.07, 6.45) is 1.58. The third-order valence-electron chi connectivity index (χ3n) is 4.06. The van der Waals surface area contributed by atoms with Crippen LogP contribution in [0.4, 0.5) is 5.13 Å². The van der Waals surface area contributed by atoms with E-state index in [4.69, 9.17) is 20.8 Å². The van der Waals surface area contributed by atoms with Gasteiger partial charge in [0.05, 0.1) is 35.2 Å². The first-order valence-electron chi connectivity index (χ1n) is 8.19. The quantitative estimate of drug-likeness (QED) is 0.451. The Labute approximate surface area is 164 Å². The maximum atomic E-state index is 13.3. The number of carbonyl (C=O) groups is 1. The zero-order valence-corrected chi connectivity index (χ0v) is 16.0. The number of halogens is 1. The van der Waals surface area contributed by atoms with Crippen LogP contribution in [0, 0.1) is 0 Å². The van der Waals surface area contributed by atoms with Gasteiger partial charge >= 0.3 is 0 Å². The minimum absolute atomic E-state index is 0.241. The number of methoxy groups -OCH3 is 1. The van der Waals surface area contributed by atoms with Gasteiger partial charge in [-0.15, -0.1) is 0 Å². The van der Waals surface area contributed by atoms with Crippen LogP contribution >= 0.6 is 22.9 Å². The predicted molar refractivity (Wildman–Crippen MR) is 107 cm³/mol. The Balaban J connectivity index is 1.81. The molecule has 0 radical (unpaired) electrons. The van der Waals surface area contributed by atoms with Crippen LogP contribution in [0.5, 0.6) is 5.75 Å². The topological polar surface area (TPSA) is 55.6 Å². The molecule has 0 spiro atoms. The number of ether oxygens (including phenoxy) is 1. The lowest BCUT2D eigenvalue weighted by atomic mass is 10.2. The summed E-state index contributed by atoms with van der Waals surface area (Å²) in [5.74, 6) is 1.08. The number of benzene rings is 2. The van der Waals surface area contributed by atoms with Gasteiger partial charge in [-0.1, -0.05) is 41.1 Å². The number of rotatable bonds is 5. The first-order valence-corrected chi connectivity index (χ1v) is 9.39. The monoisotopic (exact) mass is 398 g/mol. The molecule has 0 fully saturated rings. The molecule has 0 saturated carbocycles. The van der Waals surface area contributed by atoms with Crippen molar-refractivity contribution >= 4 is 44.2 Å². The molecule has 7 heteroatoms. The van der Waals surface area contributed by atoms with Crippen LogP contribution in [0.25, 0.3) is 10.2 Å². The van der Waals surface area contributed by atoms with E-state index in [9.17, 15) is 4.79 Å². The van der Waals surface area contributed by atoms with E-state index in [1.54, 1.807) is 48.6 Å². The highest BCUT2D eigenvalue weighted by Gasteiger charge is 2.24. The number of nitrogens with zero attached hydrogens (tertiary/aromatic N) is 2. The summed E-state index contributed by atoms with van der Waals surface area (Å²) in [4.78, 5) is 19.5. The maximum absolute atomic E-state index is 13.3. The predicted octanol–water partition coefficient (Wildman–Crippen LogP) is 5.40. The van der Waals surface area contributed by atoms with Crippen LogP contribution in [0.3, 0.4) is 0 Å². The Hall–Kier alpha value is -2.83. The maximum Gasteiger partial charge on any atom is 0.262 e. The third kappa shape index (κ3) is 3.41. The number of hydrogen-bond acceptors (Lipinski definition) is 5. The third-order valence-corrected chi connectivity index (χ3v) is 5.44. The second-order valence-corrected chi connectivity index (χ2v) is 7.17. The van der Waals surface area contributed by atoms with E-state index in [0.717, 1.165) is 10.2 Å². The van der Waals surface area contributed by atoms with Gasteiger partial charge in [0.2, 0.25) is 0 Å². The fourth-order valence-corrected chi connectivity index (χ4v) is 3.95. The van der Waals surface area contributed by atoms with Gasteiger partial charge < -0.3 is 9.15 Å². The molecule has 5 nitrogen and oxygen atoms in total. The molecule has 4 rings (SSSR count). The van der Waals surface area contributed by atoms with Gasteiger partial charge in [0, 0.05) is 0 Å². The lowest BCUT2D eigenvalue weighted by Gasteiger charge is -2.19. The Kier molecular flexibility index (Phi) is 4.83. The van der Waals surface area contributed by atoms with Crippen LogP contribution in [0.2, 0.25) is 5.02 Å². The normalized spacial score (nSPS) is 10.9. The molecule has 1 amide bonds. The zero-order chi connectivity index (χ0) is 18.8. The minimum atomic E-state index is -0.241. The summed E-state index contributed by atoms with van der Waals surface area (Å²) >= 11 is 7.67. The van der Waals surface area contributed by atoms with Crippen LogP contribution in [-0.4, -0.2) is 18.0 Å². The number of para-hydroxylation sites is 1. The number of fused-ring (bicyclic) bond motifs is 1. The molecule has 0 unspecified atom stereocenters. The summed E-state index contributed by atoms with van der Waals surface area (Å²) in [6.45, 7) is 0.249. The van der Waals surface area contributed by atoms with Crippen molar-refractivity contribution in [2.75, 3.05) is 12.0 Å². The van der Waals surface area contributed by atoms with E-state index in [2.05, 4.69) is 4.98 Å². The number of carbonyl (C=O) groups excluding carboxylic acids is 1. The number of amides is 1. The number of aromatic nitrogens is 1. The average Bonchev–Trinajstić information content (AvgIpc) is 3.35. The van der Waals surface area contributed by atoms with Crippen molar-refractivity contribution < 1.29 is 13.9 Å². The van der Waals surface area contributed by atoms with Crippen LogP contribution in [-0.2, 0) is 6.54 Å². The van der Waals surface area contributed by atoms with E-state index in [1.165, 1.54) is 11.3 Å². The van der Waals surface area contributed by atoms with Crippen LogP contribution in [0.1, 0.15) is 16.1 Å². The second kappa shape index (κ2) is 7.42. The summed E-state index contributed by atoms with van der Waals surface area (Å²) < 4.78 is 11.8. The number of hydrogen-bond donors (Lipinski definition) is 0. The van der Waals surface area contributed by atoms with E-state index in [1.807, 2.05) is 24.3 Å². The van der Waals surface area contributed by atoms with Crippen LogP contribution in [0.15, 0.2) is 65.3 Å². The standard InChI is InChI=1S/C20H15ClN2O3S/c1-25-16-9-4-10-17-18(16)22-20(27-17)23(12-13-6-5-11-26-13)19(24)14-7-2-3-8-15(14)21/h2-11H,12H2,1H3. The van der Waals surface area contributed by atoms with Crippen molar-refractivity contribution in [1.82, 2.24) is 4.98 Å². The molecular formula is C20H15ClN2O3S. The largest absolute Gasteiger partial charge is 0.494 e. The molecule has 136 valence electrons. The molecule has 2 aromatic carbocycles. The van der Waals surface area contributed by atoms with E-state index in [-0.39, 0.29) is 12.5 Å². The van der Waals surface area contributed by atoms with Crippen molar-refractivity contribution in [3.05, 3.63) is 77.2 Å². The van der Waals surface area contributed by atoms with Crippen molar-refractivity contribution in [3.63, 3.8) is 0 Å². The summed E-state index contributed by atoms with van der Waals surface area (Å²) in [5.41, 5.74) is 1.13. The number of anilines is 1. The molecule has 0 saturated heterocycles. The van der Waals surface area contributed by atoms with Gasteiger partial charge in [0.1, 0.15) is 17.0 Å². The van der Waals surface area contributed by atoms with Gasteiger partial charge in [-0.25, -0.2) is 4.98 Å². The lowest BCUT2D eigenvalue weighted by Crippen LogP contribution is -2.30. The Morgan fingerprint density at radius 2 is 2.04 bits per heavy atom. The van der Waals surface area contributed by atoms with Gasteiger partial charge in [-0.05, 0) is 36.4 Å². The van der Waals surface area contributed by atoms with Crippen molar-refractivity contribution in [1.29, 1.82) is 0 Å². The lowest BCUT2D eigenvalue weighted by molar-refractivity contribution is 0.0983. The Morgan fingerprint density at radius 1 is 1.19 bits per heavy atom. The minimum Gasteiger partial charge on any atom is -0.494 e. The van der Waals surface area contributed by atoms with Crippen molar-refractivity contribution in [2.24, 2.45) is 0 Å². The highest BCUT2D eigenvalue weighted by atomic mass is 35.5. The average molecular weight is 399 g/mol. The van der Waals surface area contributed by atoms with Gasteiger partial charge in [-0.2, -0.15) is 0 Å². The van der Waals surface area contributed by atoms with Crippen molar-refractivity contribution in [3.8, 4) is 5.75 Å². The molecule has 2 heterocycles. The van der Waals surface area contributed by atoms with E-state index >= 15 is 0 Å². The molecule has 0 aliphatic carbocycles. The molecule has 27 heavy (non-hydrogen) atoms. The Morgan fingerprint density at radius 3 is 2.78 bits per heavy atom. The number of furan rings is 1. The fourth-order valence-electron chi connectivity index (χ4n) is 2.76. The Bertz CT molecular complexity index is 1090. The van der Waals surface area contributed by atoms with Gasteiger partial charge in [-0.3, -0.25) is 9.69 Å². The summed E-state index contributed by atoms with van der Waals surface area (Å²) in [7, 11) is 1.60. The fraction of sp³-hybridized carbons (Fsp3) is 0.100. The molecule has 0 aliphatic rings. The van der Waals surface area contributed by atoms with E-state index in [0.29, 0.717) is 27.2 Å². The SMILES string of the molecule is COc1cccc2sc(N(Cc3ccco3)C(=O)c3ccccc3Cl)nc12. The molecular weight excluding hydrogens is 384 g/mol. The smallest absolute Gasteiger partial charge is 0.262 e. The molecule has 0 atom stereocenters. The van der Waals surface area contributed by atoms with Gasteiger partial charge in [0.15, 0.2) is 5.13 Å². The first kappa shape index (κ1) is 17.6. The first-order chi connectivity index (χ1) is 13.2. The molecule has 2 aromatic heterocycles. The molecule has 0 N–H and O–H groups in total. The number of thiazole rings is 1.